The van der Waals surface area contributed by atoms with Gasteiger partial charge in [0.05, 0.1) is 11.5 Å². The first-order valence-electron chi connectivity index (χ1n) is 9.21. The van der Waals surface area contributed by atoms with Gasteiger partial charge in [-0.15, -0.1) is 4.91 Å². The van der Waals surface area contributed by atoms with Crippen molar-refractivity contribution in [3.63, 3.8) is 0 Å². The molecule has 28 heavy (non-hydrogen) atoms. The highest BCUT2D eigenvalue weighted by Gasteiger charge is 2.23. The average Bonchev–Trinajstić information content (AvgIpc) is 2.72. The summed E-state index contributed by atoms with van der Waals surface area (Å²) in [6.07, 6.45) is 1.50. The van der Waals surface area contributed by atoms with E-state index in [9.17, 15) is 19.8 Å². The number of hydrogen-bond donors (Lipinski definition) is 0. The van der Waals surface area contributed by atoms with E-state index in [0.29, 0.717) is 31.7 Å². The summed E-state index contributed by atoms with van der Waals surface area (Å²) < 4.78 is 0. The summed E-state index contributed by atoms with van der Waals surface area (Å²) in [5.41, 5.74) is 2.58. The number of carbonyl (C=O) groups is 1. The molecule has 1 fully saturated rings. The molecule has 1 aliphatic heterocycles. The zero-order valence-electron chi connectivity index (χ0n) is 15.5. The number of nitro benzene ring substituents is 1. The van der Waals surface area contributed by atoms with Crippen LogP contribution in [0, 0.1) is 15.0 Å². The lowest BCUT2D eigenvalue weighted by molar-refractivity contribution is -0.384. The Kier molecular flexibility index (Phi) is 6.44. The van der Waals surface area contributed by atoms with Crippen LogP contribution in [0.25, 0.3) is 0 Å². The van der Waals surface area contributed by atoms with E-state index in [1.165, 1.54) is 12.1 Å². The zero-order chi connectivity index (χ0) is 19.9. The molecule has 0 aromatic heterocycles. The van der Waals surface area contributed by atoms with Crippen LogP contribution >= 0.6 is 0 Å². The van der Waals surface area contributed by atoms with Crippen LogP contribution in [0.2, 0.25) is 0 Å². The Morgan fingerprint density at radius 3 is 2.11 bits per heavy atom. The van der Waals surface area contributed by atoms with E-state index in [2.05, 4.69) is 10.1 Å². The van der Waals surface area contributed by atoms with Gasteiger partial charge in [0.15, 0.2) is 0 Å². The monoisotopic (exact) mass is 382 g/mol. The fourth-order valence-electron chi connectivity index (χ4n) is 3.24. The molecule has 1 heterocycles. The van der Waals surface area contributed by atoms with Crippen molar-refractivity contribution < 1.29 is 9.72 Å². The van der Waals surface area contributed by atoms with Crippen LogP contribution < -0.4 is 0 Å². The molecule has 0 saturated carbocycles. The fraction of sp³-hybridized carbons (Fsp3) is 0.350. The van der Waals surface area contributed by atoms with Gasteiger partial charge in [-0.1, -0.05) is 24.3 Å². The quantitative estimate of drug-likeness (QED) is 0.397. The van der Waals surface area contributed by atoms with Crippen molar-refractivity contribution in [3.8, 4) is 0 Å². The van der Waals surface area contributed by atoms with Gasteiger partial charge in [0, 0.05) is 38.3 Å². The predicted molar refractivity (Wildman–Crippen MR) is 105 cm³/mol. The molecule has 1 amide bonds. The summed E-state index contributed by atoms with van der Waals surface area (Å²) in [5.74, 6) is 0.105. The minimum atomic E-state index is -0.417. The lowest BCUT2D eigenvalue weighted by atomic mass is 10.1. The van der Waals surface area contributed by atoms with Gasteiger partial charge in [-0.2, -0.15) is 0 Å². The Hall–Kier alpha value is -3.13. The first-order valence-corrected chi connectivity index (χ1v) is 9.21. The number of rotatable bonds is 8. The highest BCUT2D eigenvalue weighted by molar-refractivity contribution is 5.79. The summed E-state index contributed by atoms with van der Waals surface area (Å²) in [7, 11) is 0. The van der Waals surface area contributed by atoms with Gasteiger partial charge in [-0.3, -0.25) is 19.8 Å². The summed E-state index contributed by atoms with van der Waals surface area (Å²) in [6.45, 7) is 3.30. The van der Waals surface area contributed by atoms with Crippen molar-refractivity contribution in [2.75, 3.05) is 32.7 Å². The normalized spacial score (nSPS) is 14.9. The third-order valence-electron chi connectivity index (χ3n) is 4.97. The SMILES string of the molecule is O=Nc1ccc(CCN2CCN(CCc3ccc([N+](=O)[O-])cc3)C(=O)C2)cc1. The molecule has 0 radical (unpaired) electrons. The lowest BCUT2D eigenvalue weighted by Crippen LogP contribution is -2.51. The van der Waals surface area contributed by atoms with Gasteiger partial charge >= 0.3 is 0 Å². The van der Waals surface area contributed by atoms with Gasteiger partial charge in [-0.05, 0) is 41.3 Å². The third kappa shape index (κ3) is 5.20. The molecule has 1 aliphatic rings. The number of amides is 1. The second-order valence-corrected chi connectivity index (χ2v) is 6.84. The maximum atomic E-state index is 12.4. The number of hydrogen-bond acceptors (Lipinski definition) is 6. The summed E-state index contributed by atoms with van der Waals surface area (Å²) in [5, 5.41) is 13.6. The van der Waals surface area contributed by atoms with Gasteiger partial charge in [0.25, 0.3) is 5.69 Å². The summed E-state index contributed by atoms with van der Waals surface area (Å²) in [4.78, 5) is 37.1. The molecule has 2 aromatic carbocycles. The molecule has 0 N–H and O–H groups in total. The highest BCUT2D eigenvalue weighted by atomic mass is 16.6. The van der Waals surface area contributed by atoms with E-state index < -0.39 is 4.92 Å². The lowest BCUT2D eigenvalue weighted by Gasteiger charge is -2.34. The molecule has 8 nitrogen and oxygen atoms in total. The Morgan fingerprint density at radius 2 is 1.54 bits per heavy atom. The van der Waals surface area contributed by atoms with Crippen LogP contribution in [0.15, 0.2) is 53.7 Å². The van der Waals surface area contributed by atoms with E-state index in [4.69, 9.17) is 0 Å². The smallest absolute Gasteiger partial charge is 0.269 e. The highest BCUT2D eigenvalue weighted by Crippen LogP contribution is 2.15. The van der Waals surface area contributed by atoms with E-state index in [1.807, 2.05) is 17.0 Å². The van der Waals surface area contributed by atoms with Crippen LogP contribution in [0.4, 0.5) is 11.4 Å². The van der Waals surface area contributed by atoms with Crippen molar-refractivity contribution in [2.45, 2.75) is 12.8 Å². The summed E-state index contributed by atoms with van der Waals surface area (Å²) in [6, 6.07) is 13.6. The maximum absolute atomic E-state index is 12.4. The van der Waals surface area contributed by atoms with Crippen LogP contribution in [0.1, 0.15) is 11.1 Å². The first-order chi connectivity index (χ1) is 13.5. The minimum Gasteiger partial charge on any atom is -0.340 e. The molecule has 0 bridgehead atoms. The Morgan fingerprint density at radius 1 is 0.929 bits per heavy atom. The van der Waals surface area contributed by atoms with Crippen LogP contribution in [0.3, 0.4) is 0 Å². The zero-order valence-corrected chi connectivity index (χ0v) is 15.5. The molecule has 1 saturated heterocycles. The number of carbonyl (C=O) groups excluding carboxylic acids is 1. The van der Waals surface area contributed by atoms with Crippen molar-refractivity contribution in [1.29, 1.82) is 0 Å². The number of benzene rings is 2. The van der Waals surface area contributed by atoms with Gasteiger partial charge in [0.1, 0.15) is 5.69 Å². The van der Waals surface area contributed by atoms with Crippen LogP contribution in [0.5, 0.6) is 0 Å². The third-order valence-corrected chi connectivity index (χ3v) is 4.97. The molecule has 0 aliphatic carbocycles. The molecule has 0 spiro atoms. The topological polar surface area (TPSA) is 96.1 Å². The first kappa shape index (κ1) is 19.6. The van der Waals surface area contributed by atoms with Gasteiger partial charge in [0.2, 0.25) is 5.91 Å². The summed E-state index contributed by atoms with van der Waals surface area (Å²) >= 11 is 0. The second kappa shape index (κ2) is 9.18. The Balaban J connectivity index is 1.43. The van der Waals surface area contributed by atoms with Gasteiger partial charge in [-0.25, -0.2) is 0 Å². The fourth-order valence-corrected chi connectivity index (χ4v) is 3.24. The van der Waals surface area contributed by atoms with E-state index >= 15 is 0 Å². The Labute approximate surface area is 162 Å². The number of nitroso groups, excluding NO2 is 1. The van der Waals surface area contributed by atoms with Crippen LogP contribution in [-0.2, 0) is 17.6 Å². The molecule has 3 rings (SSSR count). The van der Waals surface area contributed by atoms with Gasteiger partial charge < -0.3 is 4.90 Å². The average molecular weight is 382 g/mol. The van der Waals surface area contributed by atoms with Crippen LogP contribution in [-0.4, -0.2) is 53.4 Å². The van der Waals surface area contributed by atoms with Crippen molar-refractivity contribution in [2.24, 2.45) is 5.18 Å². The van der Waals surface area contributed by atoms with Crippen molar-refractivity contribution in [1.82, 2.24) is 9.80 Å². The second-order valence-electron chi connectivity index (χ2n) is 6.84. The van der Waals surface area contributed by atoms with E-state index in [0.717, 1.165) is 30.6 Å². The number of nitrogens with zero attached hydrogens (tertiary/aromatic N) is 4. The molecule has 0 unspecified atom stereocenters. The Bertz CT molecular complexity index is 836. The van der Waals surface area contributed by atoms with Crippen molar-refractivity contribution >= 4 is 17.3 Å². The minimum absolute atomic E-state index is 0.0745. The number of non-ortho nitro benzene ring substituents is 1. The maximum Gasteiger partial charge on any atom is 0.269 e. The number of nitro groups is 1. The standard InChI is InChI=1S/C20H22N4O4/c25-20-15-22(11-9-16-1-5-18(21-26)6-2-16)13-14-23(20)12-10-17-3-7-19(8-4-17)24(27)28/h1-8H,9-15H2. The largest absolute Gasteiger partial charge is 0.340 e. The predicted octanol–water partition coefficient (Wildman–Crippen LogP) is 2.92. The number of piperazine rings is 1. The molecular weight excluding hydrogens is 360 g/mol. The van der Waals surface area contributed by atoms with E-state index in [-0.39, 0.29) is 11.6 Å². The van der Waals surface area contributed by atoms with Crippen molar-refractivity contribution in [3.05, 3.63) is 74.7 Å². The molecule has 0 atom stereocenters. The molecular formula is C20H22N4O4. The molecule has 8 heteroatoms. The van der Waals surface area contributed by atoms with E-state index in [1.54, 1.807) is 24.3 Å². The molecule has 2 aromatic rings. The molecule has 146 valence electrons.